The molecule has 2 aliphatic rings. The number of carbonyl (C=O) groups is 2. The van der Waals surface area contributed by atoms with Crippen LogP contribution in [0.3, 0.4) is 0 Å². The zero-order chi connectivity index (χ0) is 14.0. The van der Waals surface area contributed by atoms with E-state index in [0.29, 0.717) is 25.0 Å². The zero-order valence-corrected chi connectivity index (χ0v) is 11.5. The van der Waals surface area contributed by atoms with Gasteiger partial charge in [0.05, 0.1) is 12.7 Å². The highest BCUT2D eigenvalue weighted by molar-refractivity contribution is 5.99. The van der Waals surface area contributed by atoms with E-state index in [2.05, 4.69) is 6.58 Å². The summed E-state index contributed by atoms with van der Waals surface area (Å²) in [5, 5.41) is 0. The molecule has 1 fully saturated rings. The Kier molecular flexibility index (Phi) is 4.20. The van der Waals surface area contributed by atoms with Crippen molar-refractivity contribution in [1.82, 2.24) is 0 Å². The van der Waals surface area contributed by atoms with Crippen molar-refractivity contribution in [2.24, 2.45) is 0 Å². The van der Waals surface area contributed by atoms with Crippen LogP contribution >= 0.6 is 0 Å². The Bertz CT molecular complexity index is 447. The fraction of sp³-hybridized carbons (Fsp3) is 0.600. The Hall–Kier alpha value is -1.42. The van der Waals surface area contributed by atoms with E-state index in [0.717, 1.165) is 24.0 Å². The maximum atomic E-state index is 12.1. The number of rotatable bonds is 3. The van der Waals surface area contributed by atoms with Gasteiger partial charge in [-0.05, 0) is 37.3 Å². The van der Waals surface area contributed by atoms with E-state index in [9.17, 15) is 9.59 Å². The van der Waals surface area contributed by atoms with Gasteiger partial charge in [0, 0.05) is 12.0 Å². The van der Waals surface area contributed by atoms with E-state index in [-0.39, 0.29) is 11.9 Å². The molecule has 0 bridgehead atoms. The number of Topliss-reactive ketones (excluding diaryl/α,β-unsaturated/α-hetero) is 1. The van der Waals surface area contributed by atoms with E-state index < -0.39 is 12.1 Å². The van der Waals surface area contributed by atoms with Gasteiger partial charge in [-0.25, -0.2) is 4.79 Å². The first-order valence-electron chi connectivity index (χ1n) is 6.87. The van der Waals surface area contributed by atoms with Crippen LogP contribution in [0.15, 0.2) is 23.3 Å². The Morgan fingerprint density at radius 1 is 1.47 bits per heavy atom. The van der Waals surface area contributed by atoms with E-state index in [4.69, 9.17) is 9.47 Å². The highest BCUT2D eigenvalue weighted by Gasteiger charge is 2.40. The molecule has 2 atom stereocenters. The van der Waals surface area contributed by atoms with Gasteiger partial charge in [-0.1, -0.05) is 13.5 Å². The van der Waals surface area contributed by atoms with Crippen molar-refractivity contribution in [3.05, 3.63) is 23.3 Å². The molecule has 0 aromatic heterocycles. The minimum absolute atomic E-state index is 0.136. The number of esters is 1. The Morgan fingerprint density at radius 3 is 2.84 bits per heavy atom. The molecule has 2 unspecified atom stereocenters. The standard InChI is InChI=1S/C15H20O4/c1-4-10-9(3)14(15(17)18-5-2)19-12-8-6-7-11(16)13(10)12/h12,14H,3-8H2,1-2H3. The van der Waals surface area contributed by atoms with E-state index >= 15 is 0 Å². The van der Waals surface area contributed by atoms with E-state index in [1.165, 1.54) is 0 Å². The summed E-state index contributed by atoms with van der Waals surface area (Å²) in [6, 6.07) is 0. The lowest BCUT2D eigenvalue weighted by Crippen LogP contribution is -2.41. The second-order valence-corrected chi connectivity index (χ2v) is 4.84. The molecule has 0 aromatic rings. The van der Waals surface area contributed by atoms with Gasteiger partial charge in [0.2, 0.25) is 0 Å². The second-order valence-electron chi connectivity index (χ2n) is 4.84. The molecular formula is C15H20O4. The fourth-order valence-corrected chi connectivity index (χ4v) is 2.82. The largest absolute Gasteiger partial charge is 0.464 e. The van der Waals surface area contributed by atoms with Crippen LogP contribution < -0.4 is 0 Å². The van der Waals surface area contributed by atoms with Crippen LogP contribution in [0, 0.1) is 0 Å². The third-order valence-corrected chi connectivity index (χ3v) is 3.68. The predicted molar refractivity (Wildman–Crippen MR) is 70.6 cm³/mol. The molecule has 2 rings (SSSR count). The van der Waals surface area contributed by atoms with Crippen molar-refractivity contribution in [1.29, 1.82) is 0 Å². The zero-order valence-electron chi connectivity index (χ0n) is 11.5. The molecule has 0 radical (unpaired) electrons. The van der Waals surface area contributed by atoms with E-state index in [1.54, 1.807) is 6.92 Å². The highest BCUT2D eigenvalue weighted by atomic mass is 16.6. The smallest absolute Gasteiger partial charge is 0.339 e. The summed E-state index contributed by atoms with van der Waals surface area (Å²) in [6.07, 6.45) is 1.83. The van der Waals surface area contributed by atoms with Gasteiger partial charge in [-0.3, -0.25) is 4.79 Å². The molecule has 0 N–H and O–H groups in total. The maximum Gasteiger partial charge on any atom is 0.339 e. The summed E-state index contributed by atoms with van der Waals surface area (Å²) in [7, 11) is 0. The lowest BCUT2D eigenvalue weighted by molar-refractivity contribution is -0.158. The molecule has 104 valence electrons. The van der Waals surface area contributed by atoms with Crippen LogP contribution in [-0.2, 0) is 19.1 Å². The van der Waals surface area contributed by atoms with Crippen LogP contribution in [0.1, 0.15) is 39.5 Å². The summed E-state index contributed by atoms with van der Waals surface area (Å²) in [5.41, 5.74) is 2.21. The number of hydrogen-bond donors (Lipinski definition) is 0. The minimum Gasteiger partial charge on any atom is -0.464 e. The summed E-state index contributed by atoms with van der Waals surface area (Å²) < 4.78 is 10.8. The summed E-state index contributed by atoms with van der Waals surface area (Å²) >= 11 is 0. The first kappa shape index (κ1) is 14.0. The maximum absolute atomic E-state index is 12.1. The van der Waals surface area contributed by atoms with Gasteiger partial charge in [-0.2, -0.15) is 0 Å². The van der Waals surface area contributed by atoms with Gasteiger partial charge >= 0.3 is 5.97 Å². The molecule has 1 aliphatic carbocycles. The molecule has 0 aromatic carbocycles. The fourth-order valence-electron chi connectivity index (χ4n) is 2.82. The van der Waals surface area contributed by atoms with Crippen molar-refractivity contribution in [2.45, 2.75) is 51.7 Å². The quantitative estimate of drug-likeness (QED) is 0.734. The van der Waals surface area contributed by atoms with Crippen molar-refractivity contribution >= 4 is 11.8 Å². The molecular weight excluding hydrogens is 244 g/mol. The first-order chi connectivity index (χ1) is 9.10. The van der Waals surface area contributed by atoms with Crippen LogP contribution in [0.4, 0.5) is 0 Å². The number of hydrogen-bond acceptors (Lipinski definition) is 4. The van der Waals surface area contributed by atoms with Gasteiger partial charge in [-0.15, -0.1) is 0 Å². The van der Waals surface area contributed by atoms with Crippen LogP contribution in [0.2, 0.25) is 0 Å². The number of ketones is 1. The monoisotopic (exact) mass is 264 g/mol. The number of fused-ring (bicyclic) bond motifs is 1. The van der Waals surface area contributed by atoms with Gasteiger partial charge in [0.1, 0.15) is 0 Å². The molecule has 0 saturated heterocycles. The SMILES string of the molecule is C=C1C(CC)=C2C(=O)CCCC2OC1C(=O)OCC. The minimum atomic E-state index is -0.755. The van der Waals surface area contributed by atoms with Gasteiger partial charge in [0.15, 0.2) is 11.9 Å². The number of carbonyl (C=O) groups excluding carboxylic acids is 2. The third-order valence-electron chi connectivity index (χ3n) is 3.68. The normalized spacial score (nSPS) is 27.3. The topological polar surface area (TPSA) is 52.6 Å². The van der Waals surface area contributed by atoms with Crippen LogP contribution in [0.25, 0.3) is 0 Å². The van der Waals surface area contributed by atoms with Crippen LogP contribution in [0.5, 0.6) is 0 Å². The van der Waals surface area contributed by atoms with Gasteiger partial charge in [0.25, 0.3) is 0 Å². The van der Waals surface area contributed by atoms with Crippen molar-refractivity contribution < 1.29 is 19.1 Å². The summed E-state index contributed by atoms with van der Waals surface area (Å²) in [4.78, 5) is 24.0. The average Bonchev–Trinajstić information content (AvgIpc) is 2.39. The van der Waals surface area contributed by atoms with Crippen molar-refractivity contribution in [2.75, 3.05) is 6.61 Å². The Morgan fingerprint density at radius 2 is 2.21 bits per heavy atom. The Balaban J connectivity index is 2.35. The predicted octanol–water partition coefficient (Wildman–Crippen LogP) is 2.33. The van der Waals surface area contributed by atoms with Gasteiger partial charge < -0.3 is 9.47 Å². The van der Waals surface area contributed by atoms with E-state index in [1.807, 2.05) is 6.92 Å². The molecule has 1 saturated carbocycles. The lowest BCUT2D eigenvalue weighted by atomic mass is 9.80. The molecule has 19 heavy (non-hydrogen) atoms. The molecule has 0 amide bonds. The number of ether oxygens (including phenoxy) is 2. The summed E-state index contributed by atoms with van der Waals surface area (Å²) in [5.74, 6) is -0.271. The first-order valence-corrected chi connectivity index (χ1v) is 6.87. The van der Waals surface area contributed by atoms with Crippen molar-refractivity contribution in [3.63, 3.8) is 0 Å². The molecule has 4 nitrogen and oxygen atoms in total. The molecule has 0 spiro atoms. The Labute approximate surface area is 113 Å². The second kappa shape index (κ2) is 5.70. The summed E-state index contributed by atoms with van der Waals surface area (Å²) in [6.45, 7) is 7.99. The molecule has 1 heterocycles. The lowest BCUT2D eigenvalue weighted by Gasteiger charge is -2.36. The van der Waals surface area contributed by atoms with Crippen molar-refractivity contribution in [3.8, 4) is 0 Å². The molecule has 1 aliphatic heterocycles. The van der Waals surface area contributed by atoms with Crippen LogP contribution in [-0.4, -0.2) is 30.6 Å². The third kappa shape index (κ3) is 2.50. The molecule has 4 heteroatoms. The highest BCUT2D eigenvalue weighted by Crippen LogP contribution is 2.37. The average molecular weight is 264 g/mol.